The molecule has 0 bridgehead atoms. The first kappa shape index (κ1) is 39.1. The molecule has 0 amide bonds. The minimum atomic E-state index is -1.23. The van der Waals surface area contributed by atoms with E-state index in [9.17, 15) is 8.78 Å². The molecule has 281 valence electrons. The van der Waals surface area contributed by atoms with E-state index in [-0.39, 0.29) is 20.1 Å². The molecule has 0 unspecified atom stereocenters. The molecule has 0 fully saturated rings. The van der Waals surface area contributed by atoms with Gasteiger partial charge in [-0.15, -0.1) is 54.1 Å². The Hall–Kier alpha value is -5.11. The summed E-state index contributed by atoms with van der Waals surface area (Å²) in [6.45, 7) is 13.4. The van der Waals surface area contributed by atoms with Crippen molar-refractivity contribution in [2.24, 2.45) is 0 Å². The number of nitrogens with zero attached hydrogens (tertiary/aromatic N) is 3. The summed E-state index contributed by atoms with van der Waals surface area (Å²) in [5.74, 6) is -0.358. The maximum atomic E-state index is 14.2. The number of thiophene rings is 1. The van der Waals surface area contributed by atoms with Gasteiger partial charge in [-0.05, 0) is 94.3 Å². The smallest absolute Gasteiger partial charge is 0.126 e. The summed E-state index contributed by atoms with van der Waals surface area (Å²) in [5, 5.41) is 3.38. The summed E-state index contributed by atoms with van der Waals surface area (Å²) in [6.07, 6.45) is 2.02. The van der Waals surface area contributed by atoms with Crippen molar-refractivity contribution in [3.8, 4) is 39.5 Å². The minimum absolute atomic E-state index is 0. The third kappa shape index (κ3) is 7.55. The Labute approximate surface area is 345 Å². The van der Waals surface area contributed by atoms with E-state index < -0.39 is 19.7 Å². The number of hydrogen-bond acceptors (Lipinski definition) is 3. The summed E-state index contributed by atoms with van der Waals surface area (Å²) in [7, 11) is -1.23. The second kappa shape index (κ2) is 15.8. The molecule has 1 radical (unpaired) electrons. The SMILES string of the molecule is C[Si](C)(C)c1ccc(-c2[c-]cccc2)nc1.Cc1cc(C)c(-n2c(-c3[c-]ccc4c3sc3cccc(-c5cc(F)cc(F)c5)c34)nc3ccccc32)c(C)c1.[Ir]. The second-order valence-electron chi connectivity index (χ2n) is 15.0. The topological polar surface area (TPSA) is 30.7 Å². The van der Waals surface area contributed by atoms with Crippen molar-refractivity contribution in [2.45, 2.75) is 40.4 Å². The molecular formula is C48H39F2IrN3SSi-2. The van der Waals surface area contributed by atoms with Crippen LogP contribution in [-0.4, -0.2) is 22.6 Å². The molecule has 0 spiro atoms. The van der Waals surface area contributed by atoms with Crippen LogP contribution in [-0.2, 0) is 20.1 Å². The van der Waals surface area contributed by atoms with Crippen LogP contribution in [0.5, 0.6) is 0 Å². The van der Waals surface area contributed by atoms with E-state index in [2.05, 4.69) is 98.5 Å². The van der Waals surface area contributed by atoms with Crippen LogP contribution >= 0.6 is 11.3 Å². The Kier molecular flexibility index (Phi) is 11.0. The predicted octanol–water partition coefficient (Wildman–Crippen LogP) is 12.8. The average Bonchev–Trinajstić information content (AvgIpc) is 3.73. The van der Waals surface area contributed by atoms with Gasteiger partial charge in [0, 0.05) is 42.8 Å². The molecule has 6 aromatic carbocycles. The molecule has 0 N–H and O–H groups in total. The third-order valence-corrected chi connectivity index (χ3v) is 13.1. The molecule has 0 aliphatic carbocycles. The van der Waals surface area contributed by atoms with Gasteiger partial charge in [-0.25, -0.2) is 8.78 Å². The number of aryl methyl sites for hydroxylation is 3. The largest absolute Gasteiger partial charge is 0.333 e. The van der Waals surface area contributed by atoms with E-state index in [1.165, 1.54) is 34.0 Å². The molecule has 56 heavy (non-hydrogen) atoms. The fourth-order valence-corrected chi connectivity index (χ4v) is 9.66. The number of pyridine rings is 1. The van der Waals surface area contributed by atoms with Gasteiger partial charge in [0.25, 0.3) is 0 Å². The van der Waals surface area contributed by atoms with Gasteiger partial charge in [-0.1, -0.05) is 84.7 Å². The summed E-state index contributed by atoms with van der Waals surface area (Å²) in [5.41, 5.74) is 10.9. The van der Waals surface area contributed by atoms with E-state index in [0.29, 0.717) is 5.56 Å². The van der Waals surface area contributed by atoms with Gasteiger partial charge in [-0.3, -0.25) is 4.98 Å². The molecule has 3 nitrogen and oxygen atoms in total. The van der Waals surface area contributed by atoms with E-state index in [1.54, 1.807) is 11.3 Å². The van der Waals surface area contributed by atoms with Crippen molar-refractivity contribution in [1.82, 2.24) is 14.5 Å². The van der Waals surface area contributed by atoms with E-state index in [0.717, 1.165) is 71.2 Å². The Morgan fingerprint density at radius 2 is 1.46 bits per heavy atom. The Bertz CT molecular complexity index is 2820. The van der Waals surface area contributed by atoms with Crippen LogP contribution in [0.3, 0.4) is 0 Å². The molecule has 0 aliphatic heterocycles. The fraction of sp³-hybridized carbons (Fsp3) is 0.125. The number of aromatic nitrogens is 3. The van der Waals surface area contributed by atoms with Gasteiger partial charge in [0.1, 0.15) is 11.6 Å². The van der Waals surface area contributed by atoms with E-state index in [1.807, 2.05) is 72.9 Å². The Morgan fingerprint density at radius 3 is 2.14 bits per heavy atom. The molecule has 3 aromatic heterocycles. The van der Waals surface area contributed by atoms with Crippen LogP contribution in [0.2, 0.25) is 19.6 Å². The zero-order valence-corrected chi connectivity index (χ0v) is 36.2. The Morgan fingerprint density at radius 1 is 0.732 bits per heavy atom. The van der Waals surface area contributed by atoms with Crippen molar-refractivity contribution >= 4 is 55.8 Å². The molecule has 0 atom stereocenters. The molecule has 0 saturated heterocycles. The van der Waals surface area contributed by atoms with Crippen molar-refractivity contribution in [3.05, 3.63) is 168 Å². The number of fused-ring (bicyclic) bond motifs is 4. The van der Waals surface area contributed by atoms with Gasteiger partial charge in [0.15, 0.2) is 0 Å². The monoisotopic (exact) mass is 948 g/mol. The maximum absolute atomic E-state index is 14.2. The number of halogens is 2. The number of para-hydroxylation sites is 2. The van der Waals surface area contributed by atoms with Crippen molar-refractivity contribution in [1.29, 1.82) is 0 Å². The molecular weight excluding hydrogens is 909 g/mol. The first-order valence-electron chi connectivity index (χ1n) is 18.3. The van der Waals surface area contributed by atoms with E-state index >= 15 is 0 Å². The number of benzene rings is 6. The van der Waals surface area contributed by atoms with Crippen molar-refractivity contribution < 1.29 is 28.9 Å². The summed E-state index contributed by atoms with van der Waals surface area (Å²) >= 11 is 1.65. The standard InChI is InChI=1S/C34H23F2N2S.C14H16NSi.Ir/c1-19-14-20(2)32(21(3)15-19)38-29-12-5-4-11-28(29)37-34(38)27-10-6-9-26-31-25(8-7-13-30(31)39-33(26)27)22-16-23(35)18-24(36)17-22;1-16(2,3)13-9-10-14(15-11-13)12-7-5-4-6-8-12;/h4-9,11-18H,1-3H3;4-7,9-11H,1-3H3;/q2*-1;. The molecule has 0 saturated carbocycles. The maximum Gasteiger partial charge on any atom is 0.126 e. The third-order valence-electron chi connectivity index (χ3n) is 9.89. The first-order chi connectivity index (χ1) is 26.5. The average molecular weight is 948 g/mol. The first-order valence-corrected chi connectivity index (χ1v) is 22.6. The number of rotatable bonds is 5. The molecule has 9 rings (SSSR count). The van der Waals surface area contributed by atoms with Gasteiger partial charge in [0.2, 0.25) is 0 Å². The van der Waals surface area contributed by atoms with E-state index in [4.69, 9.17) is 4.98 Å². The molecule has 3 heterocycles. The van der Waals surface area contributed by atoms with Crippen molar-refractivity contribution in [3.63, 3.8) is 0 Å². The van der Waals surface area contributed by atoms with Crippen LogP contribution in [0.1, 0.15) is 16.7 Å². The van der Waals surface area contributed by atoms with Crippen LogP contribution in [0.25, 0.3) is 70.7 Å². The van der Waals surface area contributed by atoms with Crippen LogP contribution in [0.4, 0.5) is 8.78 Å². The van der Waals surface area contributed by atoms with Gasteiger partial charge >= 0.3 is 0 Å². The van der Waals surface area contributed by atoms with Crippen LogP contribution in [0.15, 0.2) is 128 Å². The number of hydrogen-bond donors (Lipinski definition) is 0. The van der Waals surface area contributed by atoms with Gasteiger partial charge in [-0.2, -0.15) is 11.3 Å². The summed E-state index contributed by atoms with van der Waals surface area (Å²) in [4.78, 5) is 9.65. The van der Waals surface area contributed by atoms with Crippen LogP contribution < -0.4 is 5.19 Å². The zero-order chi connectivity index (χ0) is 38.4. The number of imidazole rings is 1. The predicted molar refractivity (Wildman–Crippen MR) is 229 cm³/mol. The second-order valence-corrected chi connectivity index (χ2v) is 21.1. The Balaban J connectivity index is 0.000000238. The quantitative estimate of drug-likeness (QED) is 0.127. The normalized spacial score (nSPS) is 11.4. The van der Waals surface area contributed by atoms with Gasteiger partial charge < -0.3 is 9.55 Å². The zero-order valence-electron chi connectivity index (χ0n) is 32.0. The molecule has 9 aromatic rings. The fourth-order valence-electron chi connectivity index (χ4n) is 7.40. The molecule has 8 heteroatoms. The van der Waals surface area contributed by atoms with Crippen molar-refractivity contribution in [2.75, 3.05) is 0 Å². The van der Waals surface area contributed by atoms with Crippen LogP contribution in [0, 0.1) is 44.5 Å². The molecule has 0 aliphatic rings. The summed E-state index contributed by atoms with van der Waals surface area (Å²) in [6, 6.07) is 45.1. The van der Waals surface area contributed by atoms with Gasteiger partial charge in [0.05, 0.1) is 24.9 Å². The minimum Gasteiger partial charge on any atom is -0.333 e. The summed E-state index contributed by atoms with van der Waals surface area (Å²) < 4.78 is 32.7.